The standard InChI is InChI=1S/C12H19NO3S2/c1-9(11-4-3-7-17-11)8-13-18(14,15)12-5-6-16-10(12)2/h3-4,7,9-10,12-13H,5-6,8H2,1-2H3. The lowest BCUT2D eigenvalue weighted by Crippen LogP contribution is -2.39. The average molecular weight is 289 g/mol. The molecule has 18 heavy (non-hydrogen) atoms. The van der Waals surface area contributed by atoms with Gasteiger partial charge in [0.15, 0.2) is 0 Å². The van der Waals surface area contributed by atoms with Gasteiger partial charge >= 0.3 is 0 Å². The SMILES string of the molecule is CC(CNS(=O)(=O)C1CCOC1C)c1cccs1. The van der Waals surface area contributed by atoms with Crippen LogP contribution in [0.25, 0.3) is 0 Å². The number of sulfonamides is 1. The molecule has 0 aliphatic carbocycles. The Morgan fingerprint density at radius 3 is 2.94 bits per heavy atom. The normalized spacial score (nSPS) is 26.3. The zero-order valence-corrected chi connectivity index (χ0v) is 12.3. The van der Waals surface area contributed by atoms with Gasteiger partial charge in [-0.15, -0.1) is 11.3 Å². The molecule has 102 valence electrons. The maximum Gasteiger partial charge on any atom is 0.217 e. The van der Waals surface area contributed by atoms with Gasteiger partial charge < -0.3 is 4.74 Å². The smallest absolute Gasteiger partial charge is 0.217 e. The van der Waals surface area contributed by atoms with E-state index >= 15 is 0 Å². The molecule has 0 spiro atoms. The van der Waals surface area contributed by atoms with Crippen LogP contribution in [0.3, 0.4) is 0 Å². The molecular weight excluding hydrogens is 270 g/mol. The Hall–Kier alpha value is -0.430. The van der Waals surface area contributed by atoms with Gasteiger partial charge in [-0.2, -0.15) is 0 Å². The van der Waals surface area contributed by atoms with E-state index in [-0.39, 0.29) is 12.0 Å². The second kappa shape index (κ2) is 5.69. The lowest BCUT2D eigenvalue weighted by Gasteiger charge is -2.17. The first kappa shape index (κ1) is 14.0. The van der Waals surface area contributed by atoms with Crippen LogP contribution in [0, 0.1) is 0 Å². The third-order valence-electron chi connectivity index (χ3n) is 3.32. The van der Waals surface area contributed by atoms with Gasteiger partial charge in [0.05, 0.1) is 6.10 Å². The molecular formula is C12H19NO3S2. The van der Waals surface area contributed by atoms with Gasteiger partial charge in [0.2, 0.25) is 10.0 Å². The van der Waals surface area contributed by atoms with Crippen molar-refractivity contribution in [2.24, 2.45) is 0 Å². The lowest BCUT2D eigenvalue weighted by atomic mass is 10.1. The highest BCUT2D eigenvalue weighted by Crippen LogP contribution is 2.22. The quantitative estimate of drug-likeness (QED) is 0.901. The molecule has 1 N–H and O–H groups in total. The molecule has 0 aromatic carbocycles. The number of hydrogen-bond donors (Lipinski definition) is 1. The number of rotatable bonds is 5. The monoisotopic (exact) mass is 289 g/mol. The first-order valence-corrected chi connectivity index (χ1v) is 8.57. The van der Waals surface area contributed by atoms with Crippen LogP contribution in [-0.2, 0) is 14.8 Å². The van der Waals surface area contributed by atoms with Gasteiger partial charge in [0.25, 0.3) is 0 Å². The van der Waals surface area contributed by atoms with Crippen molar-refractivity contribution in [3.8, 4) is 0 Å². The van der Waals surface area contributed by atoms with Crippen molar-refractivity contribution < 1.29 is 13.2 Å². The van der Waals surface area contributed by atoms with Crippen molar-refractivity contribution >= 4 is 21.4 Å². The molecule has 2 heterocycles. The minimum atomic E-state index is -3.27. The van der Waals surface area contributed by atoms with Crippen LogP contribution in [0.4, 0.5) is 0 Å². The Morgan fingerprint density at radius 2 is 2.39 bits per heavy atom. The third-order valence-corrected chi connectivity index (χ3v) is 6.41. The molecule has 1 fully saturated rings. The molecule has 3 atom stereocenters. The summed E-state index contributed by atoms with van der Waals surface area (Å²) in [4.78, 5) is 1.20. The van der Waals surface area contributed by atoms with E-state index in [9.17, 15) is 8.42 Å². The summed E-state index contributed by atoms with van der Waals surface area (Å²) in [5.74, 6) is 0.206. The maximum atomic E-state index is 12.1. The van der Waals surface area contributed by atoms with Crippen molar-refractivity contribution in [3.63, 3.8) is 0 Å². The molecule has 2 rings (SSSR count). The molecule has 0 saturated carbocycles. The van der Waals surface area contributed by atoms with Crippen LogP contribution >= 0.6 is 11.3 Å². The maximum absolute atomic E-state index is 12.1. The molecule has 4 nitrogen and oxygen atoms in total. The highest BCUT2D eigenvalue weighted by Gasteiger charge is 2.35. The van der Waals surface area contributed by atoms with Crippen LogP contribution in [0.1, 0.15) is 31.1 Å². The summed E-state index contributed by atoms with van der Waals surface area (Å²) in [6.45, 7) is 4.84. The number of hydrogen-bond acceptors (Lipinski definition) is 4. The molecule has 1 aromatic heterocycles. The van der Waals surface area contributed by atoms with Crippen LogP contribution < -0.4 is 4.72 Å². The Labute approximate surface area is 112 Å². The van der Waals surface area contributed by atoms with Gasteiger partial charge in [-0.3, -0.25) is 0 Å². The largest absolute Gasteiger partial charge is 0.377 e. The summed E-state index contributed by atoms with van der Waals surface area (Å²) in [6.07, 6.45) is 0.378. The van der Waals surface area contributed by atoms with Gasteiger partial charge in [-0.1, -0.05) is 13.0 Å². The Morgan fingerprint density at radius 1 is 1.61 bits per heavy atom. The molecule has 3 unspecified atom stereocenters. The molecule has 0 amide bonds. The van der Waals surface area contributed by atoms with E-state index < -0.39 is 15.3 Å². The van der Waals surface area contributed by atoms with Crippen molar-refractivity contribution in [2.45, 2.75) is 37.5 Å². The van der Waals surface area contributed by atoms with E-state index in [1.54, 1.807) is 11.3 Å². The van der Waals surface area contributed by atoms with Crippen LogP contribution in [-0.4, -0.2) is 32.9 Å². The van der Waals surface area contributed by atoms with Gasteiger partial charge in [0, 0.05) is 23.9 Å². The predicted octanol–water partition coefficient (Wildman–Crippen LogP) is 1.95. The Kier molecular flexibility index (Phi) is 4.42. The summed E-state index contributed by atoms with van der Waals surface area (Å²) in [5.41, 5.74) is 0. The molecule has 0 bridgehead atoms. The minimum absolute atomic E-state index is 0.206. The first-order valence-electron chi connectivity index (χ1n) is 6.14. The summed E-state index contributed by atoms with van der Waals surface area (Å²) >= 11 is 1.65. The minimum Gasteiger partial charge on any atom is -0.377 e. The van der Waals surface area contributed by atoms with Gasteiger partial charge in [0.1, 0.15) is 5.25 Å². The molecule has 0 radical (unpaired) electrons. The van der Waals surface area contributed by atoms with E-state index in [0.29, 0.717) is 19.6 Å². The number of ether oxygens (including phenoxy) is 1. The second-order valence-electron chi connectivity index (χ2n) is 4.71. The van der Waals surface area contributed by atoms with Crippen molar-refractivity contribution in [2.75, 3.05) is 13.2 Å². The van der Waals surface area contributed by atoms with Crippen molar-refractivity contribution in [3.05, 3.63) is 22.4 Å². The van der Waals surface area contributed by atoms with E-state index in [1.807, 2.05) is 31.4 Å². The van der Waals surface area contributed by atoms with E-state index in [0.717, 1.165) is 0 Å². The van der Waals surface area contributed by atoms with Gasteiger partial charge in [-0.25, -0.2) is 13.1 Å². The topological polar surface area (TPSA) is 55.4 Å². The zero-order chi connectivity index (χ0) is 13.2. The number of thiophene rings is 1. The fourth-order valence-corrected chi connectivity index (χ4v) is 4.61. The van der Waals surface area contributed by atoms with E-state index in [1.165, 1.54) is 4.88 Å². The number of nitrogens with one attached hydrogen (secondary N) is 1. The average Bonchev–Trinajstić information content (AvgIpc) is 2.96. The molecule has 1 aliphatic heterocycles. The Bertz CT molecular complexity index is 470. The molecule has 1 saturated heterocycles. The van der Waals surface area contributed by atoms with Crippen molar-refractivity contribution in [1.29, 1.82) is 0 Å². The Balaban J connectivity index is 1.93. The van der Waals surface area contributed by atoms with Crippen molar-refractivity contribution in [1.82, 2.24) is 4.72 Å². The fraction of sp³-hybridized carbons (Fsp3) is 0.667. The van der Waals surface area contributed by atoms with E-state index in [2.05, 4.69) is 4.72 Å². The molecule has 6 heteroatoms. The summed E-state index contributed by atoms with van der Waals surface area (Å²) in [6, 6.07) is 4.02. The van der Waals surface area contributed by atoms with E-state index in [4.69, 9.17) is 4.74 Å². The lowest BCUT2D eigenvalue weighted by molar-refractivity contribution is 0.126. The molecule has 1 aliphatic rings. The molecule has 1 aromatic rings. The zero-order valence-electron chi connectivity index (χ0n) is 10.6. The summed E-state index contributed by atoms with van der Waals surface area (Å²) in [7, 11) is -3.27. The highest BCUT2D eigenvalue weighted by molar-refractivity contribution is 7.90. The first-order chi connectivity index (χ1) is 8.50. The van der Waals surface area contributed by atoms with Crippen LogP contribution in [0.2, 0.25) is 0 Å². The fourth-order valence-electron chi connectivity index (χ4n) is 2.14. The summed E-state index contributed by atoms with van der Waals surface area (Å²) < 4.78 is 32.3. The summed E-state index contributed by atoms with van der Waals surface area (Å²) in [5, 5.41) is 1.60. The highest BCUT2D eigenvalue weighted by atomic mass is 32.2. The van der Waals surface area contributed by atoms with Crippen LogP contribution in [0.5, 0.6) is 0 Å². The third kappa shape index (κ3) is 3.12. The van der Waals surface area contributed by atoms with Crippen LogP contribution in [0.15, 0.2) is 17.5 Å². The second-order valence-corrected chi connectivity index (χ2v) is 7.68. The predicted molar refractivity (Wildman–Crippen MR) is 73.5 cm³/mol. The van der Waals surface area contributed by atoms with Gasteiger partial charge in [-0.05, 0) is 24.8 Å².